The number of hydrogen-bond acceptors (Lipinski definition) is 5. The summed E-state index contributed by atoms with van der Waals surface area (Å²) in [5, 5.41) is 11.5. The molecule has 3 aromatic carbocycles. The van der Waals surface area contributed by atoms with Crippen LogP contribution in [0.2, 0.25) is 10.0 Å². The van der Waals surface area contributed by atoms with Crippen LogP contribution in [0.3, 0.4) is 0 Å². The maximum Gasteiger partial charge on any atom is 0.270 e. The maximum atomic E-state index is 13.8. The van der Waals surface area contributed by atoms with Crippen LogP contribution < -0.4 is 4.31 Å². The molecule has 1 amide bonds. The van der Waals surface area contributed by atoms with Crippen LogP contribution in [0.25, 0.3) is 0 Å². The number of hydrogen-bond donors (Lipinski definition) is 0. The summed E-state index contributed by atoms with van der Waals surface area (Å²) in [6.45, 7) is 5.26. The van der Waals surface area contributed by atoms with Gasteiger partial charge >= 0.3 is 0 Å². The van der Waals surface area contributed by atoms with E-state index in [4.69, 9.17) is 23.2 Å². The number of non-ortho nitro benzene ring substituents is 1. The summed E-state index contributed by atoms with van der Waals surface area (Å²) >= 11 is 12.2. The van der Waals surface area contributed by atoms with Gasteiger partial charge in [-0.3, -0.25) is 19.2 Å². The van der Waals surface area contributed by atoms with Gasteiger partial charge in [-0.15, -0.1) is 0 Å². The average Bonchev–Trinajstić information content (AvgIpc) is 2.81. The Hall–Kier alpha value is -3.14. The molecule has 0 aliphatic carbocycles. The lowest BCUT2D eigenvalue weighted by atomic mass is 10.0. The molecular weight excluding hydrogens is 525 g/mol. The van der Waals surface area contributed by atoms with E-state index in [2.05, 4.69) is 0 Å². The van der Waals surface area contributed by atoms with Crippen molar-refractivity contribution in [2.24, 2.45) is 0 Å². The zero-order chi connectivity index (χ0) is 26.7. The van der Waals surface area contributed by atoms with Gasteiger partial charge in [0.15, 0.2) is 0 Å². The first kappa shape index (κ1) is 27.4. The SMILES string of the molecule is CC(C)(C)N(Cc1ccccc1)C(=O)CN(c1ccc(Cl)cc1)S(=O)(=O)c1cc([N+](=O)[O-])ccc1Cl. The van der Waals surface area contributed by atoms with Crippen LogP contribution in [0.4, 0.5) is 11.4 Å². The molecule has 0 saturated heterocycles. The molecule has 11 heteroatoms. The van der Waals surface area contributed by atoms with Gasteiger partial charge in [-0.2, -0.15) is 0 Å². The Bertz CT molecular complexity index is 1360. The largest absolute Gasteiger partial charge is 0.332 e. The normalized spacial score (nSPS) is 11.7. The summed E-state index contributed by atoms with van der Waals surface area (Å²) in [6, 6.07) is 18.4. The lowest BCUT2D eigenvalue weighted by molar-refractivity contribution is -0.385. The number of halogens is 2. The van der Waals surface area contributed by atoms with Crippen molar-refractivity contribution in [2.45, 2.75) is 37.8 Å². The highest BCUT2D eigenvalue weighted by Gasteiger charge is 2.34. The van der Waals surface area contributed by atoms with Crippen molar-refractivity contribution in [3.63, 3.8) is 0 Å². The molecule has 8 nitrogen and oxygen atoms in total. The molecule has 0 spiro atoms. The fourth-order valence-corrected chi connectivity index (χ4v) is 5.56. The lowest BCUT2D eigenvalue weighted by Gasteiger charge is -2.37. The third kappa shape index (κ3) is 6.34. The van der Waals surface area contributed by atoms with Crippen molar-refractivity contribution in [1.29, 1.82) is 0 Å². The van der Waals surface area contributed by atoms with Crippen LogP contribution >= 0.6 is 23.2 Å². The van der Waals surface area contributed by atoms with Crippen LogP contribution in [-0.4, -0.2) is 36.2 Å². The van der Waals surface area contributed by atoms with E-state index in [1.807, 2.05) is 51.1 Å². The number of rotatable bonds is 8. The van der Waals surface area contributed by atoms with Gasteiger partial charge in [-0.05, 0) is 56.7 Å². The predicted molar refractivity (Wildman–Crippen MR) is 141 cm³/mol. The summed E-state index contributed by atoms with van der Waals surface area (Å²) in [5.41, 5.74) is -0.0426. The topological polar surface area (TPSA) is 101 Å². The molecule has 0 aliphatic rings. The molecule has 3 rings (SSSR count). The van der Waals surface area contributed by atoms with E-state index in [0.29, 0.717) is 5.02 Å². The number of nitrogens with zero attached hydrogens (tertiary/aromatic N) is 3. The third-order valence-electron chi connectivity index (χ3n) is 5.38. The van der Waals surface area contributed by atoms with E-state index >= 15 is 0 Å². The van der Waals surface area contributed by atoms with Gasteiger partial charge < -0.3 is 4.90 Å². The van der Waals surface area contributed by atoms with Crippen molar-refractivity contribution in [3.8, 4) is 0 Å². The van der Waals surface area contributed by atoms with Gasteiger partial charge in [0, 0.05) is 29.2 Å². The number of anilines is 1. The first-order valence-electron chi connectivity index (χ1n) is 10.9. The molecule has 0 radical (unpaired) electrons. The Morgan fingerprint density at radius 3 is 2.14 bits per heavy atom. The summed E-state index contributed by atoms with van der Waals surface area (Å²) in [5.74, 6) is -0.466. The van der Waals surface area contributed by atoms with Gasteiger partial charge in [0.2, 0.25) is 5.91 Å². The minimum atomic E-state index is -4.49. The second kappa shape index (κ2) is 10.9. The zero-order valence-electron chi connectivity index (χ0n) is 19.9. The van der Waals surface area contributed by atoms with Gasteiger partial charge in [0.1, 0.15) is 11.4 Å². The van der Waals surface area contributed by atoms with Crippen LogP contribution in [0.5, 0.6) is 0 Å². The first-order valence-corrected chi connectivity index (χ1v) is 13.1. The molecule has 190 valence electrons. The van der Waals surface area contributed by atoms with Crippen LogP contribution in [0.1, 0.15) is 26.3 Å². The van der Waals surface area contributed by atoms with E-state index in [0.717, 1.165) is 28.1 Å². The van der Waals surface area contributed by atoms with Crippen molar-refractivity contribution in [2.75, 3.05) is 10.8 Å². The molecular formula is C25H25Cl2N3O5S. The highest BCUT2D eigenvalue weighted by atomic mass is 35.5. The Morgan fingerprint density at radius 2 is 1.58 bits per heavy atom. The lowest BCUT2D eigenvalue weighted by Crippen LogP contribution is -2.50. The number of nitro benzene ring substituents is 1. The van der Waals surface area contributed by atoms with E-state index in [1.54, 1.807) is 4.90 Å². The predicted octanol–water partition coefficient (Wildman–Crippen LogP) is 5.92. The van der Waals surface area contributed by atoms with Gasteiger partial charge in [0.05, 0.1) is 15.6 Å². The highest BCUT2D eigenvalue weighted by molar-refractivity contribution is 7.93. The molecule has 0 atom stereocenters. The molecule has 36 heavy (non-hydrogen) atoms. The minimum absolute atomic E-state index is 0.156. The molecule has 0 bridgehead atoms. The maximum absolute atomic E-state index is 13.8. The second-order valence-electron chi connectivity index (χ2n) is 9.00. The highest BCUT2D eigenvalue weighted by Crippen LogP contribution is 2.32. The Kier molecular flexibility index (Phi) is 8.28. The first-order chi connectivity index (χ1) is 16.8. The number of amides is 1. The fraction of sp³-hybridized carbons (Fsp3) is 0.240. The molecule has 0 saturated carbocycles. The van der Waals surface area contributed by atoms with E-state index in [1.165, 1.54) is 24.3 Å². The van der Waals surface area contributed by atoms with E-state index < -0.39 is 43.5 Å². The van der Waals surface area contributed by atoms with E-state index in [9.17, 15) is 23.3 Å². The smallest absolute Gasteiger partial charge is 0.270 e. The molecule has 0 fully saturated rings. The Labute approximate surface area is 220 Å². The van der Waals surface area contributed by atoms with Crippen LogP contribution in [0, 0.1) is 10.1 Å². The number of benzene rings is 3. The summed E-state index contributed by atoms with van der Waals surface area (Å²) in [4.78, 5) is 25.3. The third-order valence-corrected chi connectivity index (χ3v) is 7.89. The average molecular weight is 550 g/mol. The molecule has 0 N–H and O–H groups in total. The molecule has 0 aromatic heterocycles. The summed E-state index contributed by atoms with van der Waals surface area (Å²) in [7, 11) is -4.49. The molecule has 0 aliphatic heterocycles. The fourth-order valence-electron chi connectivity index (χ4n) is 3.52. The Morgan fingerprint density at radius 1 is 0.972 bits per heavy atom. The Balaban J connectivity index is 2.08. The van der Waals surface area contributed by atoms with Crippen molar-refractivity contribution < 1.29 is 18.1 Å². The number of nitro groups is 1. The van der Waals surface area contributed by atoms with Gasteiger partial charge in [-0.1, -0.05) is 53.5 Å². The summed E-state index contributed by atoms with van der Waals surface area (Å²) in [6.07, 6.45) is 0. The quantitative estimate of drug-likeness (QED) is 0.256. The minimum Gasteiger partial charge on any atom is -0.332 e. The molecule has 3 aromatic rings. The zero-order valence-corrected chi connectivity index (χ0v) is 22.2. The second-order valence-corrected chi connectivity index (χ2v) is 11.7. The summed E-state index contributed by atoms with van der Waals surface area (Å²) < 4.78 is 28.5. The standard InChI is InChI=1S/C25H25Cl2N3O5S/c1-25(2,3)28(16-18-7-5-4-6-8-18)24(31)17-29(20-11-9-19(26)10-12-20)36(34,35)23-15-21(30(32)33)13-14-22(23)27/h4-15H,16-17H2,1-3H3. The van der Waals surface area contributed by atoms with Gasteiger partial charge in [-0.25, -0.2) is 8.42 Å². The number of sulfonamides is 1. The monoisotopic (exact) mass is 549 g/mol. The number of carbonyl (C=O) groups excluding carboxylic acids is 1. The van der Waals surface area contributed by atoms with Crippen LogP contribution in [-0.2, 0) is 21.4 Å². The van der Waals surface area contributed by atoms with Crippen LogP contribution in [0.15, 0.2) is 77.7 Å². The van der Waals surface area contributed by atoms with Crippen molar-refractivity contribution >= 4 is 50.5 Å². The van der Waals surface area contributed by atoms with Crippen molar-refractivity contribution in [3.05, 3.63) is 98.5 Å². The molecule has 0 unspecified atom stereocenters. The number of carbonyl (C=O) groups is 1. The molecule has 0 heterocycles. The van der Waals surface area contributed by atoms with Gasteiger partial charge in [0.25, 0.3) is 15.7 Å². The van der Waals surface area contributed by atoms with Crippen molar-refractivity contribution in [1.82, 2.24) is 4.90 Å². The van der Waals surface area contributed by atoms with E-state index in [-0.39, 0.29) is 17.3 Å².